The lowest BCUT2D eigenvalue weighted by Crippen LogP contribution is -2.04. The molecule has 1 N–H and O–H groups in total. The molecule has 0 radical (unpaired) electrons. The first-order valence-electron chi connectivity index (χ1n) is 6.48. The van der Waals surface area contributed by atoms with Crippen molar-refractivity contribution in [3.8, 4) is 11.3 Å². The summed E-state index contributed by atoms with van der Waals surface area (Å²) in [7, 11) is -3.70. The van der Waals surface area contributed by atoms with Crippen LogP contribution >= 0.6 is 11.8 Å². The van der Waals surface area contributed by atoms with Gasteiger partial charge in [0.2, 0.25) is 14.9 Å². The molecule has 0 bridgehead atoms. The predicted octanol–water partition coefficient (Wildman–Crippen LogP) is 3.03. The molecule has 0 saturated carbocycles. The highest BCUT2D eigenvalue weighted by atomic mass is 32.2. The minimum Gasteiger partial charge on any atom is -0.217 e. The number of sulfone groups is 1. The number of H-pyrrole nitrogens is 1. The van der Waals surface area contributed by atoms with Crippen LogP contribution in [0.1, 0.15) is 0 Å². The molecule has 112 valence electrons. The van der Waals surface area contributed by atoms with Gasteiger partial charge in [0.05, 0.1) is 4.90 Å². The number of thioether (sulfide) groups is 1. The molecule has 0 unspecified atom stereocenters. The molecule has 0 aliphatic carbocycles. The zero-order valence-corrected chi connectivity index (χ0v) is 13.4. The number of nitrogens with zero attached hydrogens (tertiary/aromatic N) is 2. The summed E-state index contributed by atoms with van der Waals surface area (Å²) in [4.78, 5) is 1.30. The Labute approximate surface area is 132 Å². The van der Waals surface area contributed by atoms with Crippen LogP contribution in [0.25, 0.3) is 11.3 Å². The van der Waals surface area contributed by atoms with Crippen molar-refractivity contribution in [2.24, 2.45) is 0 Å². The first kappa shape index (κ1) is 14.8. The first-order chi connectivity index (χ1) is 10.6. The molecule has 1 aromatic heterocycles. The van der Waals surface area contributed by atoms with Gasteiger partial charge in [-0.1, -0.05) is 30.3 Å². The van der Waals surface area contributed by atoms with Gasteiger partial charge in [0, 0.05) is 10.5 Å². The third kappa shape index (κ3) is 2.65. The molecule has 1 heterocycles. The molecule has 0 aliphatic rings. The minimum absolute atomic E-state index is 0.0596. The second kappa shape index (κ2) is 5.94. The quantitative estimate of drug-likeness (QED) is 0.744. The second-order valence-electron chi connectivity index (χ2n) is 4.52. The summed E-state index contributed by atoms with van der Waals surface area (Å²) in [6.07, 6.45) is 1.98. The van der Waals surface area contributed by atoms with Crippen LogP contribution in [0, 0.1) is 0 Å². The second-order valence-corrected chi connectivity index (χ2v) is 7.27. The number of nitrogens with one attached hydrogen (secondary N) is 1. The highest BCUT2D eigenvalue weighted by Gasteiger charge is 2.26. The Hall–Kier alpha value is -2.12. The zero-order valence-electron chi connectivity index (χ0n) is 11.7. The minimum atomic E-state index is -3.70. The molecule has 0 fully saturated rings. The molecule has 22 heavy (non-hydrogen) atoms. The summed E-state index contributed by atoms with van der Waals surface area (Å²) >= 11 is 1.62. The summed E-state index contributed by atoms with van der Waals surface area (Å²) in [6, 6.07) is 15.8. The van der Waals surface area contributed by atoms with Gasteiger partial charge < -0.3 is 0 Å². The Bertz CT molecular complexity index is 873. The van der Waals surface area contributed by atoms with E-state index in [4.69, 9.17) is 0 Å². The van der Waals surface area contributed by atoms with E-state index < -0.39 is 9.84 Å². The lowest BCUT2D eigenvalue weighted by Gasteiger charge is -2.04. The van der Waals surface area contributed by atoms with Crippen LogP contribution in [0.15, 0.2) is 69.4 Å². The van der Waals surface area contributed by atoms with Crippen molar-refractivity contribution in [3.05, 3.63) is 54.6 Å². The molecular weight excluding hydrogens is 318 g/mol. The van der Waals surface area contributed by atoms with Crippen LogP contribution in [0.5, 0.6) is 0 Å². The van der Waals surface area contributed by atoms with Gasteiger partial charge in [-0.05, 0) is 30.5 Å². The average molecular weight is 331 g/mol. The fourth-order valence-corrected chi connectivity index (χ4v) is 3.78. The van der Waals surface area contributed by atoms with Crippen molar-refractivity contribution in [1.82, 2.24) is 15.4 Å². The van der Waals surface area contributed by atoms with E-state index in [0.717, 1.165) is 4.90 Å². The topological polar surface area (TPSA) is 75.7 Å². The fraction of sp³-hybridized carbons (Fsp3) is 0.0667. The SMILES string of the molecule is CSc1ccc(-c2n[nH]nc2S(=O)(=O)c2ccccc2)cc1. The average Bonchev–Trinajstić information content (AvgIpc) is 3.06. The van der Waals surface area contributed by atoms with Gasteiger partial charge in [-0.2, -0.15) is 10.3 Å². The Morgan fingerprint density at radius 3 is 2.27 bits per heavy atom. The molecule has 7 heteroatoms. The number of hydrogen-bond acceptors (Lipinski definition) is 5. The maximum atomic E-state index is 12.7. The Morgan fingerprint density at radius 2 is 1.64 bits per heavy atom. The number of benzene rings is 2. The molecule has 2 aromatic carbocycles. The van der Waals surface area contributed by atoms with Crippen molar-refractivity contribution in [2.45, 2.75) is 14.8 Å². The van der Waals surface area contributed by atoms with Gasteiger partial charge in [-0.3, -0.25) is 0 Å². The molecule has 0 aliphatic heterocycles. The van der Waals surface area contributed by atoms with Crippen molar-refractivity contribution in [1.29, 1.82) is 0 Å². The Kier molecular flexibility index (Phi) is 4.00. The lowest BCUT2D eigenvalue weighted by atomic mass is 10.2. The van der Waals surface area contributed by atoms with Gasteiger partial charge in [0.1, 0.15) is 5.69 Å². The van der Waals surface area contributed by atoms with E-state index in [2.05, 4.69) is 15.4 Å². The zero-order chi connectivity index (χ0) is 15.6. The lowest BCUT2D eigenvalue weighted by molar-refractivity contribution is 0.592. The molecule has 0 saturated heterocycles. The van der Waals surface area contributed by atoms with Gasteiger partial charge in [-0.15, -0.1) is 16.9 Å². The van der Waals surface area contributed by atoms with Gasteiger partial charge in [-0.25, -0.2) is 8.42 Å². The molecule has 3 rings (SSSR count). The summed E-state index contributed by atoms with van der Waals surface area (Å²) in [5.41, 5.74) is 1.04. The summed E-state index contributed by atoms with van der Waals surface area (Å²) < 4.78 is 25.4. The van der Waals surface area contributed by atoms with Crippen LogP contribution in [0.4, 0.5) is 0 Å². The maximum absolute atomic E-state index is 12.7. The highest BCUT2D eigenvalue weighted by Crippen LogP contribution is 2.29. The van der Waals surface area contributed by atoms with Crippen LogP contribution in [-0.2, 0) is 9.84 Å². The van der Waals surface area contributed by atoms with Gasteiger partial charge in [0.15, 0.2) is 0 Å². The molecular formula is C15H13N3O2S2. The van der Waals surface area contributed by atoms with Crippen molar-refractivity contribution >= 4 is 21.6 Å². The molecule has 3 aromatic rings. The molecule has 0 atom stereocenters. The number of hydrogen-bond donors (Lipinski definition) is 1. The van der Waals surface area contributed by atoms with Crippen LogP contribution in [0.2, 0.25) is 0 Å². The van der Waals surface area contributed by atoms with E-state index in [9.17, 15) is 8.42 Å². The van der Waals surface area contributed by atoms with E-state index >= 15 is 0 Å². The van der Waals surface area contributed by atoms with Crippen molar-refractivity contribution < 1.29 is 8.42 Å². The Morgan fingerprint density at radius 1 is 0.955 bits per heavy atom. The van der Waals surface area contributed by atoms with Crippen LogP contribution in [0.3, 0.4) is 0 Å². The standard InChI is InChI=1S/C15H13N3O2S2/c1-21-12-9-7-11(8-10-12)14-15(17-18-16-14)22(19,20)13-5-3-2-4-6-13/h2-10H,1H3,(H,16,17,18). The van der Waals surface area contributed by atoms with E-state index in [1.54, 1.807) is 42.1 Å². The number of aromatic nitrogens is 3. The smallest absolute Gasteiger partial charge is 0.217 e. The van der Waals surface area contributed by atoms with Gasteiger partial charge in [0.25, 0.3) is 0 Å². The monoisotopic (exact) mass is 331 g/mol. The summed E-state index contributed by atoms with van der Waals surface area (Å²) in [5.74, 6) is 0. The summed E-state index contributed by atoms with van der Waals surface area (Å²) in [5, 5.41) is 10.2. The normalized spacial score (nSPS) is 11.5. The molecule has 0 amide bonds. The third-order valence-electron chi connectivity index (χ3n) is 3.19. The number of rotatable bonds is 4. The van der Waals surface area contributed by atoms with E-state index in [0.29, 0.717) is 11.3 Å². The fourth-order valence-electron chi connectivity index (χ4n) is 2.06. The largest absolute Gasteiger partial charge is 0.227 e. The maximum Gasteiger partial charge on any atom is 0.227 e. The van der Waals surface area contributed by atoms with Crippen LogP contribution < -0.4 is 0 Å². The van der Waals surface area contributed by atoms with Crippen molar-refractivity contribution in [2.75, 3.05) is 6.26 Å². The molecule has 0 spiro atoms. The summed E-state index contributed by atoms with van der Waals surface area (Å²) in [6.45, 7) is 0. The van der Waals surface area contributed by atoms with E-state index in [1.165, 1.54) is 0 Å². The van der Waals surface area contributed by atoms with E-state index in [1.807, 2.05) is 30.5 Å². The predicted molar refractivity (Wildman–Crippen MR) is 85.5 cm³/mol. The first-order valence-corrected chi connectivity index (χ1v) is 9.19. The van der Waals surface area contributed by atoms with Crippen LogP contribution in [-0.4, -0.2) is 30.1 Å². The molecule has 5 nitrogen and oxygen atoms in total. The number of aromatic amines is 1. The van der Waals surface area contributed by atoms with Gasteiger partial charge >= 0.3 is 0 Å². The Balaban J connectivity index is 2.09. The highest BCUT2D eigenvalue weighted by molar-refractivity contribution is 7.98. The van der Waals surface area contributed by atoms with Crippen molar-refractivity contribution in [3.63, 3.8) is 0 Å². The van der Waals surface area contributed by atoms with E-state index in [-0.39, 0.29) is 9.92 Å². The third-order valence-corrected chi connectivity index (χ3v) is 5.62.